The van der Waals surface area contributed by atoms with Crippen LogP contribution in [0.25, 0.3) is 5.57 Å². The molecule has 0 aromatic heterocycles. The van der Waals surface area contributed by atoms with Gasteiger partial charge in [0, 0.05) is 37.4 Å². The Balaban J connectivity index is 1.18. The molecule has 1 aromatic carbocycles. The summed E-state index contributed by atoms with van der Waals surface area (Å²) < 4.78 is 5.09. The van der Waals surface area contributed by atoms with E-state index in [0.717, 1.165) is 29.7 Å². The molecule has 2 heterocycles. The molecule has 2 N–H and O–H groups in total. The van der Waals surface area contributed by atoms with Crippen LogP contribution >= 0.6 is 0 Å². The maximum atomic E-state index is 12.9. The second kappa shape index (κ2) is 8.76. The Kier molecular flexibility index (Phi) is 5.80. The smallest absolute Gasteiger partial charge is 0.254 e. The Morgan fingerprint density at radius 1 is 1.00 bits per heavy atom. The van der Waals surface area contributed by atoms with Gasteiger partial charge in [0.1, 0.15) is 5.60 Å². The first-order valence-corrected chi connectivity index (χ1v) is 11.6. The van der Waals surface area contributed by atoms with Crippen LogP contribution in [0.2, 0.25) is 0 Å². The summed E-state index contributed by atoms with van der Waals surface area (Å²) in [5.74, 6) is -0.293. The second-order valence-electron chi connectivity index (χ2n) is 9.28. The maximum Gasteiger partial charge on any atom is 0.254 e. The highest BCUT2D eigenvalue weighted by molar-refractivity contribution is 5.95. The minimum atomic E-state index is -1.15. The van der Waals surface area contributed by atoms with Crippen molar-refractivity contribution < 1.29 is 24.2 Å². The molecule has 5 rings (SSSR count). The van der Waals surface area contributed by atoms with Crippen molar-refractivity contribution >= 4 is 23.3 Å². The number of nitrogens with one attached hydrogen (secondary N) is 1. The monoisotopic (exact) mass is 451 g/mol. The van der Waals surface area contributed by atoms with E-state index < -0.39 is 5.60 Å². The summed E-state index contributed by atoms with van der Waals surface area (Å²) in [5, 5.41) is 13.0. The van der Waals surface area contributed by atoms with Crippen molar-refractivity contribution in [1.29, 1.82) is 0 Å². The van der Waals surface area contributed by atoms with Gasteiger partial charge in [0.25, 0.3) is 11.8 Å². The topological polar surface area (TPSA) is 99.2 Å². The SMILES string of the molecule is O=C(NC1=CC(c2ccc(C(=O)N3CCN(C(=O)C4(O)CC4)CC3)cc2)=CCC1)C1COC1. The number of carbonyl (C=O) groups is 3. The normalized spacial score (nSPS) is 22.1. The Morgan fingerprint density at radius 3 is 2.27 bits per heavy atom. The number of rotatable bonds is 5. The Morgan fingerprint density at radius 2 is 1.67 bits per heavy atom. The number of benzene rings is 1. The van der Waals surface area contributed by atoms with Gasteiger partial charge in [-0.05, 0) is 55.0 Å². The van der Waals surface area contributed by atoms with E-state index in [9.17, 15) is 19.5 Å². The molecule has 4 aliphatic rings. The van der Waals surface area contributed by atoms with Crippen molar-refractivity contribution in [3.63, 3.8) is 0 Å². The van der Waals surface area contributed by atoms with Crippen molar-refractivity contribution in [3.05, 3.63) is 53.2 Å². The van der Waals surface area contributed by atoms with Crippen molar-refractivity contribution in [2.45, 2.75) is 31.3 Å². The van der Waals surface area contributed by atoms with E-state index in [2.05, 4.69) is 11.4 Å². The molecule has 2 saturated heterocycles. The van der Waals surface area contributed by atoms with Crippen LogP contribution in [0.3, 0.4) is 0 Å². The van der Waals surface area contributed by atoms with Crippen molar-refractivity contribution in [3.8, 4) is 0 Å². The molecular weight excluding hydrogens is 422 g/mol. The number of amides is 3. The molecule has 3 fully saturated rings. The Hall–Kier alpha value is -2.97. The first kappa shape index (κ1) is 21.9. The van der Waals surface area contributed by atoms with Gasteiger partial charge in [-0.1, -0.05) is 18.2 Å². The molecule has 0 bridgehead atoms. The predicted octanol–water partition coefficient (Wildman–Crippen LogP) is 1.32. The predicted molar refractivity (Wildman–Crippen MR) is 121 cm³/mol. The van der Waals surface area contributed by atoms with Crippen molar-refractivity contribution in [2.75, 3.05) is 39.4 Å². The zero-order valence-corrected chi connectivity index (χ0v) is 18.6. The van der Waals surface area contributed by atoms with Gasteiger partial charge in [-0.15, -0.1) is 0 Å². The van der Waals surface area contributed by atoms with Gasteiger partial charge < -0.3 is 25.0 Å². The van der Waals surface area contributed by atoms with E-state index >= 15 is 0 Å². The van der Waals surface area contributed by atoms with E-state index in [1.165, 1.54) is 0 Å². The van der Waals surface area contributed by atoms with Gasteiger partial charge in [-0.2, -0.15) is 0 Å². The number of hydrogen-bond donors (Lipinski definition) is 2. The van der Waals surface area contributed by atoms with Crippen LogP contribution in [0.4, 0.5) is 0 Å². The number of nitrogens with zero attached hydrogens (tertiary/aromatic N) is 2. The molecule has 0 unspecified atom stereocenters. The molecule has 8 heteroatoms. The summed E-state index contributed by atoms with van der Waals surface area (Å²) in [7, 11) is 0. The third kappa shape index (κ3) is 4.58. The third-order valence-electron chi connectivity index (χ3n) is 6.84. The van der Waals surface area contributed by atoms with Gasteiger partial charge in [0.2, 0.25) is 5.91 Å². The fourth-order valence-electron chi connectivity index (χ4n) is 4.38. The van der Waals surface area contributed by atoms with Crippen LogP contribution in [0, 0.1) is 5.92 Å². The quantitative estimate of drug-likeness (QED) is 0.704. The van der Waals surface area contributed by atoms with Gasteiger partial charge in [0.05, 0.1) is 19.1 Å². The van der Waals surface area contributed by atoms with E-state index in [0.29, 0.717) is 57.8 Å². The molecule has 8 nitrogen and oxygen atoms in total. The zero-order chi connectivity index (χ0) is 23.0. The average Bonchev–Trinajstić information content (AvgIpc) is 3.56. The molecule has 33 heavy (non-hydrogen) atoms. The fourth-order valence-corrected chi connectivity index (χ4v) is 4.38. The van der Waals surface area contributed by atoms with Crippen LogP contribution in [0.5, 0.6) is 0 Å². The average molecular weight is 452 g/mol. The fraction of sp³-hybridized carbons (Fsp3) is 0.480. The molecule has 3 amide bonds. The number of carbonyl (C=O) groups excluding carboxylic acids is 3. The summed E-state index contributed by atoms with van der Waals surface area (Å²) in [6.07, 6.45) is 6.86. The minimum Gasteiger partial charge on any atom is -0.380 e. The van der Waals surface area contributed by atoms with Crippen LogP contribution in [-0.2, 0) is 14.3 Å². The van der Waals surface area contributed by atoms with Gasteiger partial charge in [-0.25, -0.2) is 0 Å². The summed E-state index contributed by atoms with van der Waals surface area (Å²) in [4.78, 5) is 40.8. The summed E-state index contributed by atoms with van der Waals surface area (Å²) in [6.45, 7) is 2.81. The first-order chi connectivity index (χ1) is 15.9. The van der Waals surface area contributed by atoms with E-state index in [1.807, 2.05) is 30.3 Å². The Labute approximate surface area is 192 Å². The number of piperazine rings is 1. The minimum absolute atomic E-state index is 0.0165. The zero-order valence-electron chi connectivity index (χ0n) is 18.6. The lowest BCUT2D eigenvalue weighted by atomic mass is 9.96. The van der Waals surface area contributed by atoms with E-state index in [4.69, 9.17) is 4.74 Å². The van der Waals surface area contributed by atoms with Crippen LogP contribution in [0.15, 0.2) is 42.1 Å². The van der Waals surface area contributed by atoms with Gasteiger partial charge in [0.15, 0.2) is 0 Å². The second-order valence-corrected chi connectivity index (χ2v) is 9.28. The molecule has 174 valence electrons. The van der Waals surface area contributed by atoms with Gasteiger partial charge in [-0.3, -0.25) is 14.4 Å². The highest BCUT2D eigenvalue weighted by Crippen LogP contribution is 2.37. The summed E-state index contributed by atoms with van der Waals surface area (Å²) in [6, 6.07) is 7.52. The van der Waals surface area contributed by atoms with E-state index in [1.54, 1.807) is 9.80 Å². The molecule has 0 spiro atoms. The lowest BCUT2D eigenvalue weighted by Gasteiger charge is -2.35. The Bertz CT molecular complexity index is 1010. The van der Waals surface area contributed by atoms with Crippen molar-refractivity contribution in [2.24, 2.45) is 5.92 Å². The number of hydrogen-bond acceptors (Lipinski definition) is 5. The summed E-state index contributed by atoms with van der Waals surface area (Å²) in [5.41, 5.74) is 2.40. The van der Waals surface area contributed by atoms with Crippen LogP contribution < -0.4 is 5.32 Å². The number of allylic oxidation sites excluding steroid dienone is 4. The third-order valence-corrected chi connectivity index (χ3v) is 6.84. The highest BCUT2D eigenvalue weighted by Gasteiger charge is 2.50. The molecule has 1 aromatic rings. The lowest BCUT2D eigenvalue weighted by molar-refractivity contribution is -0.144. The van der Waals surface area contributed by atoms with Crippen LogP contribution in [-0.4, -0.2) is 77.6 Å². The van der Waals surface area contributed by atoms with Gasteiger partial charge >= 0.3 is 0 Å². The van der Waals surface area contributed by atoms with Crippen LogP contribution in [0.1, 0.15) is 41.6 Å². The van der Waals surface area contributed by atoms with E-state index in [-0.39, 0.29) is 23.6 Å². The molecule has 2 aliphatic heterocycles. The lowest BCUT2D eigenvalue weighted by Crippen LogP contribution is -2.53. The molecule has 1 saturated carbocycles. The van der Waals surface area contributed by atoms with Crippen molar-refractivity contribution in [1.82, 2.24) is 15.1 Å². The maximum absolute atomic E-state index is 12.9. The number of ether oxygens (including phenoxy) is 1. The molecule has 0 atom stereocenters. The largest absolute Gasteiger partial charge is 0.380 e. The molecule has 2 aliphatic carbocycles. The highest BCUT2D eigenvalue weighted by atomic mass is 16.5. The molecular formula is C25H29N3O5. The molecule has 0 radical (unpaired) electrons. The summed E-state index contributed by atoms with van der Waals surface area (Å²) >= 11 is 0. The first-order valence-electron chi connectivity index (χ1n) is 11.6. The standard InChI is InChI=1S/C25H29N3O5/c29-22(20-15-33-16-20)26-21-3-1-2-19(14-21)17-4-6-18(7-5-17)23(30)27-10-12-28(13-11-27)24(31)25(32)8-9-25/h2,4-7,14,20,32H,1,3,8-13,15-16H2,(H,26,29). The number of aliphatic hydroxyl groups is 1.